The Hall–Kier alpha value is -1.31. The molecule has 2 rings (SSSR count). The minimum Gasteiger partial charge on any atom is -0.486 e. The summed E-state index contributed by atoms with van der Waals surface area (Å²) in [6.45, 7) is 3.68. The van der Waals surface area contributed by atoms with Crippen LogP contribution in [0.1, 0.15) is 12.0 Å². The molecular formula is C11H11FO. The fraction of sp³-hybridized carbons (Fsp3) is 0.273. The number of hydrogen-bond donors (Lipinski definition) is 0. The van der Waals surface area contributed by atoms with Crippen molar-refractivity contribution >= 4 is 0 Å². The van der Waals surface area contributed by atoms with Crippen molar-refractivity contribution < 1.29 is 9.13 Å². The second-order valence-electron chi connectivity index (χ2n) is 3.18. The fourth-order valence-electron chi connectivity index (χ4n) is 1.54. The van der Waals surface area contributed by atoms with Gasteiger partial charge in [0.2, 0.25) is 0 Å². The van der Waals surface area contributed by atoms with Gasteiger partial charge >= 0.3 is 0 Å². The van der Waals surface area contributed by atoms with E-state index in [0.29, 0.717) is 0 Å². The van der Waals surface area contributed by atoms with Crippen LogP contribution in [0.4, 0.5) is 4.39 Å². The lowest BCUT2D eigenvalue weighted by Crippen LogP contribution is -2.19. The lowest BCUT2D eigenvalue weighted by atomic mass is 10.0. The van der Waals surface area contributed by atoms with E-state index in [0.717, 1.165) is 24.2 Å². The SMILES string of the molecule is C=CC1CCc2cc(F)ccc2O1. The van der Waals surface area contributed by atoms with Gasteiger partial charge in [0, 0.05) is 0 Å². The molecule has 0 aromatic heterocycles. The van der Waals surface area contributed by atoms with E-state index < -0.39 is 0 Å². The number of ether oxygens (including phenoxy) is 1. The van der Waals surface area contributed by atoms with E-state index in [2.05, 4.69) is 6.58 Å². The largest absolute Gasteiger partial charge is 0.486 e. The molecule has 1 aromatic carbocycles. The second kappa shape index (κ2) is 3.21. The van der Waals surface area contributed by atoms with E-state index >= 15 is 0 Å². The van der Waals surface area contributed by atoms with Crippen molar-refractivity contribution in [3.05, 3.63) is 42.2 Å². The first-order chi connectivity index (χ1) is 6.29. The smallest absolute Gasteiger partial charge is 0.123 e. The van der Waals surface area contributed by atoms with Gasteiger partial charge in [-0.2, -0.15) is 0 Å². The Balaban J connectivity index is 2.31. The van der Waals surface area contributed by atoms with Gasteiger partial charge in [0.25, 0.3) is 0 Å². The van der Waals surface area contributed by atoms with Gasteiger partial charge in [-0.05, 0) is 36.6 Å². The van der Waals surface area contributed by atoms with Crippen LogP contribution < -0.4 is 4.74 Å². The lowest BCUT2D eigenvalue weighted by Gasteiger charge is -2.23. The molecule has 0 amide bonds. The van der Waals surface area contributed by atoms with Crippen molar-refractivity contribution in [1.29, 1.82) is 0 Å². The van der Waals surface area contributed by atoms with Crippen molar-refractivity contribution in [3.63, 3.8) is 0 Å². The first-order valence-corrected chi connectivity index (χ1v) is 4.37. The maximum absolute atomic E-state index is 12.8. The highest BCUT2D eigenvalue weighted by Gasteiger charge is 2.16. The summed E-state index contributed by atoms with van der Waals surface area (Å²) in [7, 11) is 0. The first kappa shape index (κ1) is 8.30. The van der Waals surface area contributed by atoms with Crippen LogP contribution in [0.15, 0.2) is 30.9 Å². The van der Waals surface area contributed by atoms with Crippen LogP contribution in [0.25, 0.3) is 0 Å². The van der Waals surface area contributed by atoms with E-state index in [1.165, 1.54) is 12.1 Å². The van der Waals surface area contributed by atoms with E-state index in [9.17, 15) is 4.39 Å². The molecule has 0 aliphatic carbocycles. The number of benzene rings is 1. The van der Waals surface area contributed by atoms with E-state index in [-0.39, 0.29) is 11.9 Å². The molecule has 0 N–H and O–H groups in total. The molecule has 2 heteroatoms. The van der Waals surface area contributed by atoms with Crippen molar-refractivity contribution in [2.75, 3.05) is 0 Å². The molecule has 0 saturated carbocycles. The normalized spacial score (nSPS) is 20.2. The number of fused-ring (bicyclic) bond motifs is 1. The Kier molecular flexibility index (Phi) is 2.05. The molecule has 1 aromatic rings. The molecule has 68 valence electrons. The zero-order chi connectivity index (χ0) is 9.26. The molecule has 1 unspecified atom stereocenters. The summed E-state index contributed by atoms with van der Waals surface area (Å²) in [4.78, 5) is 0. The maximum atomic E-state index is 12.8. The third-order valence-corrected chi connectivity index (χ3v) is 2.26. The summed E-state index contributed by atoms with van der Waals surface area (Å²) in [5, 5.41) is 0. The molecule has 0 radical (unpaired) electrons. The monoisotopic (exact) mass is 178 g/mol. The van der Waals surface area contributed by atoms with Crippen molar-refractivity contribution in [2.45, 2.75) is 18.9 Å². The molecule has 0 spiro atoms. The minimum absolute atomic E-state index is 0.0814. The quantitative estimate of drug-likeness (QED) is 0.601. The van der Waals surface area contributed by atoms with Crippen LogP contribution in [0.5, 0.6) is 5.75 Å². The molecule has 0 fully saturated rings. The topological polar surface area (TPSA) is 9.23 Å². The molecule has 0 saturated heterocycles. The van der Waals surface area contributed by atoms with Crippen LogP contribution in [-0.4, -0.2) is 6.10 Å². The minimum atomic E-state index is -0.195. The van der Waals surface area contributed by atoms with Gasteiger partial charge in [0.15, 0.2) is 0 Å². The van der Waals surface area contributed by atoms with Crippen molar-refractivity contribution in [1.82, 2.24) is 0 Å². The van der Waals surface area contributed by atoms with E-state index in [4.69, 9.17) is 4.74 Å². The summed E-state index contributed by atoms with van der Waals surface area (Å²) < 4.78 is 18.3. The predicted molar refractivity (Wildman–Crippen MR) is 49.3 cm³/mol. The summed E-state index contributed by atoms with van der Waals surface area (Å²) >= 11 is 0. The van der Waals surface area contributed by atoms with E-state index in [1.54, 1.807) is 12.1 Å². The Morgan fingerprint density at radius 2 is 2.38 bits per heavy atom. The van der Waals surface area contributed by atoms with Crippen LogP contribution in [0.2, 0.25) is 0 Å². The third kappa shape index (κ3) is 1.57. The van der Waals surface area contributed by atoms with Gasteiger partial charge in [-0.1, -0.05) is 12.7 Å². The number of rotatable bonds is 1. The van der Waals surface area contributed by atoms with Gasteiger partial charge in [0.05, 0.1) is 0 Å². The fourth-order valence-corrected chi connectivity index (χ4v) is 1.54. The Morgan fingerprint density at radius 3 is 3.15 bits per heavy atom. The van der Waals surface area contributed by atoms with Gasteiger partial charge in [0.1, 0.15) is 17.7 Å². The lowest BCUT2D eigenvalue weighted by molar-refractivity contribution is 0.218. The van der Waals surface area contributed by atoms with Crippen molar-refractivity contribution in [3.8, 4) is 5.75 Å². The zero-order valence-corrected chi connectivity index (χ0v) is 7.29. The Labute approximate surface area is 76.8 Å². The standard InChI is InChI=1S/C11H11FO/c1-2-10-5-3-8-7-9(12)4-6-11(8)13-10/h2,4,6-7,10H,1,3,5H2. The molecular weight excluding hydrogens is 167 g/mol. The Bertz CT molecular complexity index is 333. The second-order valence-corrected chi connectivity index (χ2v) is 3.18. The maximum Gasteiger partial charge on any atom is 0.123 e. The number of aryl methyl sites for hydroxylation is 1. The van der Waals surface area contributed by atoms with Gasteiger partial charge < -0.3 is 4.74 Å². The van der Waals surface area contributed by atoms with Gasteiger partial charge in [-0.25, -0.2) is 4.39 Å². The van der Waals surface area contributed by atoms with Crippen LogP contribution in [0, 0.1) is 5.82 Å². The first-order valence-electron chi connectivity index (χ1n) is 4.37. The highest BCUT2D eigenvalue weighted by Crippen LogP contribution is 2.28. The van der Waals surface area contributed by atoms with Crippen LogP contribution >= 0.6 is 0 Å². The average molecular weight is 178 g/mol. The molecule has 0 bridgehead atoms. The summed E-state index contributed by atoms with van der Waals surface area (Å²) in [5.41, 5.74) is 0.957. The average Bonchev–Trinajstić information content (AvgIpc) is 2.17. The molecule has 13 heavy (non-hydrogen) atoms. The summed E-state index contributed by atoms with van der Waals surface area (Å²) in [6, 6.07) is 4.64. The van der Waals surface area contributed by atoms with Crippen molar-refractivity contribution in [2.24, 2.45) is 0 Å². The zero-order valence-electron chi connectivity index (χ0n) is 7.29. The summed E-state index contributed by atoms with van der Waals surface area (Å²) in [5.74, 6) is 0.594. The number of halogens is 1. The van der Waals surface area contributed by atoms with Gasteiger partial charge in [-0.3, -0.25) is 0 Å². The predicted octanol–water partition coefficient (Wildman–Crippen LogP) is 2.71. The molecule has 1 aliphatic heterocycles. The van der Waals surface area contributed by atoms with E-state index in [1.807, 2.05) is 0 Å². The summed E-state index contributed by atoms with van der Waals surface area (Å²) in [6.07, 6.45) is 3.62. The van der Waals surface area contributed by atoms with Gasteiger partial charge in [-0.15, -0.1) is 0 Å². The molecule has 1 heterocycles. The molecule has 1 atom stereocenters. The Morgan fingerprint density at radius 1 is 1.54 bits per heavy atom. The van der Waals surface area contributed by atoms with Crippen LogP contribution in [-0.2, 0) is 6.42 Å². The third-order valence-electron chi connectivity index (χ3n) is 2.26. The highest BCUT2D eigenvalue weighted by molar-refractivity contribution is 5.36. The van der Waals surface area contributed by atoms with Crippen LogP contribution in [0.3, 0.4) is 0 Å². The highest BCUT2D eigenvalue weighted by atomic mass is 19.1. The number of hydrogen-bond acceptors (Lipinski definition) is 1. The molecule has 1 nitrogen and oxygen atoms in total. The molecule has 1 aliphatic rings.